The van der Waals surface area contributed by atoms with Gasteiger partial charge in [0.1, 0.15) is 0 Å². The second-order valence-corrected chi connectivity index (χ2v) is 8.43. The summed E-state index contributed by atoms with van der Waals surface area (Å²) < 4.78 is 0. The van der Waals surface area contributed by atoms with Crippen molar-refractivity contribution in [2.75, 3.05) is 20.1 Å². The topological polar surface area (TPSA) is 103 Å². The quantitative estimate of drug-likeness (QED) is 0.809. The van der Waals surface area contributed by atoms with Crippen LogP contribution in [-0.4, -0.2) is 47.7 Å². The third-order valence-electron chi connectivity index (χ3n) is 5.64. The van der Waals surface area contributed by atoms with Crippen LogP contribution in [-0.2, 0) is 9.59 Å². The Bertz CT molecular complexity index is 1030. The molecule has 3 heterocycles. The van der Waals surface area contributed by atoms with Crippen molar-refractivity contribution in [1.29, 1.82) is 5.26 Å². The van der Waals surface area contributed by atoms with Crippen molar-refractivity contribution < 1.29 is 9.59 Å². The molecular formula is C21H21N5O2S. The summed E-state index contributed by atoms with van der Waals surface area (Å²) in [7, 11) is 1.63. The summed E-state index contributed by atoms with van der Waals surface area (Å²) in [5.41, 5.74) is 9.41. The number of hydrogen-bond acceptors (Lipinski definition) is 6. The first-order valence-corrected chi connectivity index (χ1v) is 10.2. The molecular weight excluding hydrogens is 386 g/mol. The van der Waals surface area contributed by atoms with Crippen molar-refractivity contribution in [2.45, 2.75) is 13.3 Å². The van der Waals surface area contributed by atoms with E-state index < -0.39 is 5.92 Å². The zero-order chi connectivity index (χ0) is 20.7. The lowest BCUT2D eigenvalue weighted by molar-refractivity contribution is -0.142. The van der Waals surface area contributed by atoms with Crippen molar-refractivity contribution in [2.24, 2.45) is 22.6 Å². The van der Waals surface area contributed by atoms with Gasteiger partial charge in [-0.2, -0.15) is 5.26 Å². The molecule has 3 aliphatic rings. The van der Waals surface area contributed by atoms with E-state index >= 15 is 0 Å². The van der Waals surface area contributed by atoms with E-state index in [4.69, 9.17) is 11.0 Å². The van der Waals surface area contributed by atoms with E-state index in [1.165, 1.54) is 4.90 Å². The zero-order valence-electron chi connectivity index (χ0n) is 16.3. The third kappa shape index (κ3) is 3.42. The predicted molar refractivity (Wildman–Crippen MR) is 112 cm³/mol. The fraction of sp³-hybridized carbons (Fsp3) is 0.333. The average molecular weight is 407 g/mol. The van der Waals surface area contributed by atoms with E-state index in [2.05, 4.69) is 11.1 Å². The lowest BCUT2D eigenvalue weighted by Gasteiger charge is -2.44. The van der Waals surface area contributed by atoms with Crippen LogP contribution in [0.25, 0.3) is 5.57 Å². The molecule has 0 unspecified atom stereocenters. The highest BCUT2D eigenvalue weighted by atomic mass is 32.2. The van der Waals surface area contributed by atoms with Crippen LogP contribution in [0.3, 0.4) is 0 Å². The Morgan fingerprint density at radius 2 is 2.14 bits per heavy atom. The molecule has 8 heteroatoms. The molecule has 1 fully saturated rings. The summed E-state index contributed by atoms with van der Waals surface area (Å²) in [6.45, 7) is 2.65. The average Bonchev–Trinajstić information content (AvgIpc) is 3.16. The molecule has 0 aromatic heterocycles. The van der Waals surface area contributed by atoms with E-state index in [9.17, 15) is 9.59 Å². The van der Waals surface area contributed by atoms with Gasteiger partial charge in [0.2, 0.25) is 17.8 Å². The van der Waals surface area contributed by atoms with Gasteiger partial charge in [-0.1, -0.05) is 23.9 Å². The number of benzene rings is 1. The van der Waals surface area contributed by atoms with Crippen molar-refractivity contribution in [1.82, 2.24) is 9.80 Å². The maximum Gasteiger partial charge on any atom is 0.238 e. The molecule has 3 aliphatic heterocycles. The number of hydrogen-bond donors (Lipinski definition) is 1. The number of thioether (sulfide) groups is 1. The number of rotatable bonds is 2. The summed E-state index contributed by atoms with van der Waals surface area (Å²) in [6.07, 6.45) is 0.641. The highest BCUT2D eigenvalue weighted by Gasteiger charge is 2.45. The van der Waals surface area contributed by atoms with E-state index in [0.29, 0.717) is 30.8 Å². The van der Waals surface area contributed by atoms with Gasteiger partial charge in [0, 0.05) is 44.3 Å². The van der Waals surface area contributed by atoms with Crippen molar-refractivity contribution in [3.05, 3.63) is 51.4 Å². The largest absolute Gasteiger partial charge is 0.369 e. The van der Waals surface area contributed by atoms with Crippen molar-refractivity contribution in [3.8, 4) is 6.07 Å². The SMILES string of the molecule is CC(=O)N1CC([C@H]2C(=O)N(C)C(N)=N/C2=C2\CC(c3cccc(C#N)c3)=CS2)C1. The van der Waals surface area contributed by atoms with Crippen LogP contribution in [0.2, 0.25) is 0 Å². The van der Waals surface area contributed by atoms with Crippen molar-refractivity contribution >= 4 is 35.1 Å². The lowest BCUT2D eigenvalue weighted by Crippen LogP contribution is -2.57. The maximum absolute atomic E-state index is 13.0. The maximum atomic E-state index is 13.0. The first kappa shape index (κ1) is 19.3. The smallest absolute Gasteiger partial charge is 0.238 e. The number of nitrogens with two attached hydrogens (primary N) is 1. The Hall–Kier alpha value is -3.05. The van der Waals surface area contributed by atoms with E-state index in [-0.39, 0.29) is 23.7 Å². The minimum absolute atomic E-state index is 0.0200. The standard InChI is InChI=1S/C21H21N5O2S/c1-12(27)26-9-16(10-26)18-19(24-21(23)25(2)20(18)28)17-7-15(11-29-17)14-5-3-4-13(6-14)8-22/h3-6,11,16,18H,7,9-10H2,1-2H3,(H2,23,24)/b19-17+/t18-/m1/s1. The first-order valence-electron chi connectivity index (χ1n) is 9.35. The number of allylic oxidation sites excluding steroid dienone is 2. The lowest BCUT2D eigenvalue weighted by atomic mass is 9.81. The molecule has 0 saturated carbocycles. The Kier molecular flexibility index (Phi) is 4.92. The second-order valence-electron chi connectivity index (χ2n) is 7.47. The summed E-state index contributed by atoms with van der Waals surface area (Å²) in [6, 6.07) is 9.66. The zero-order valence-corrected chi connectivity index (χ0v) is 17.1. The molecule has 148 valence electrons. The third-order valence-corrected chi connectivity index (χ3v) is 6.68. The number of nitrogens with zero attached hydrogens (tertiary/aromatic N) is 4. The van der Waals surface area contributed by atoms with Gasteiger partial charge in [-0.05, 0) is 28.7 Å². The Morgan fingerprint density at radius 3 is 2.83 bits per heavy atom. The molecule has 0 spiro atoms. The molecule has 1 aromatic rings. The summed E-state index contributed by atoms with van der Waals surface area (Å²) in [5.74, 6) is -0.222. The van der Waals surface area contributed by atoms with Gasteiger partial charge in [-0.15, -0.1) is 0 Å². The summed E-state index contributed by atoms with van der Waals surface area (Å²) in [5, 5.41) is 11.2. The molecule has 2 N–H and O–H groups in total. The van der Waals surface area contributed by atoms with E-state index in [1.807, 2.05) is 23.6 Å². The Balaban J connectivity index is 1.64. The molecule has 7 nitrogen and oxygen atoms in total. The van der Waals surface area contributed by atoms with Crippen LogP contribution < -0.4 is 5.73 Å². The van der Waals surface area contributed by atoms with Crippen LogP contribution in [0.4, 0.5) is 0 Å². The van der Waals surface area contributed by atoms with Gasteiger partial charge in [-0.25, -0.2) is 4.99 Å². The number of aliphatic imine (C=N–C) groups is 1. The molecule has 1 saturated heterocycles. The van der Waals surface area contributed by atoms with Crippen LogP contribution >= 0.6 is 11.8 Å². The van der Waals surface area contributed by atoms with Gasteiger partial charge < -0.3 is 10.6 Å². The molecule has 1 aromatic carbocycles. The molecule has 2 amide bonds. The number of amides is 2. The minimum atomic E-state index is -0.399. The van der Waals surface area contributed by atoms with Crippen molar-refractivity contribution in [3.63, 3.8) is 0 Å². The minimum Gasteiger partial charge on any atom is -0.369 e. The number of carbonyl (C=O) groups is 2. The van der Waals surface area contributed by atoms with Gasteiger partial charge in [0.25, 0.3) is 0 Å². The highest BCUT2D eigenvalue weighted by Crippen LogP contribution is 2.45. The van der Waals surface area contributed by atoms with Gasteiger partial charge >= 0.3 is 0 Å². The van der Waals surface area contributed by atoms with Gasteiger partial charge in [0.15, 0.2) is 0 Å². The number of carbonyl (C=O) groups excluding carboxylic acids is 2. The van der Waals surface area contributed by atoms with E-state index in [1.54, 1.807) is 36.7 Å². The fourth-order valence-electron chi connectivity index (χ4n) is 3.86. The van der Waals surface area contributed by atoms with Crippen LogP contribution in [0.1, 0.15) is 24.5 Å². The number of likely N-dealkylation sites (tertiary alicyclic amines) is 1. The monoisotopic (exact) mass is 407 g/mol. The second kappa shape index (κ2) is 7.41. The summed E-state index contributed by atoms with van der Waals surface area (Å²) in [4.78, 5) is 33.3. The predicted octanol–water partition coefficient (Wildman–Crippen LogP) is 2.13. The molecule has 0 aliphatic carbocycles. The number of nitriles is 1. The summed E-state index contributed by atoms with van der Waals surface area (Å²) >= 11 is 1.55. The first-order chi connectivity index (χ1) is 13.9. The molecule has 0 bridgehead atoms. The Morgan fingerprint density at radius 1 is 1.38 bits per heavy atom. The van der Waals surface area contributed by atoms with Crippen LogP contribution in [0.15, 0.2) is 45.3 Å². The molecule has 0 radical (unpaired) electrons. The molecule has 4 rings (SSSR count). The fourth-order valence-corrected chi connectivity index (χ4v) is 4.89. The van der Waals surface area contributed by atoms with Gasteiger partial charge in [-0.3, -0.25) is 14.5 Å². The normalized spacial score (nSPS) is 24.7. The van der Waals surface area contributed by atoms with Gasteiger partial charge in [0.05, 0.1) is 23.2 Å². The van der Waals surface area contributed by atoms with Crippen LogP contribution in [0.5, 0.6) is 0 Å². The highest BCUT2D eigenvalue weighted by molar-refractivity contribution is 8.06. The van der Waals surface area contributed by atoms with Crippen LogP contribution in [0, 0.1) is 23.2 Å². The molecule has 1 atom stereocenters. The van der Waals surface area contributed by atoms with E-state index in [0.717, 1.165) is 16.0 Å². The Labute approximate surface area is 173 Å². The molecule has 29 heavy (non-hydrogen) atoms. The number of guanidine groups is 1.